The van der Waals surface area contributed by atoms with Crippen molar-refractivity contribution in [1.29, 1.82) is 0 Å². The summed E-state index contributed by atoms with van der Waals surface area (Å²) in [5.41, 5.74) is 1.09. The van der Waals surface area contributed by atoms with Gasteiger partial charge in [0.15, 0.2) is 21.2 Å². The molecule has 3 heterocycles. The summed E-state index contributed by atoms with van der Waals surface area (Å²) in [6.07, 6.45) is 1.62. The molecule has 11 heteroatoms. The molecule has 0 saturated carbocycles. The molecule has 1 unspecified atom stereocenters. The lowest BCUT2D eigenvalue weighted by atomic mass is 9.80. The third kappa shape index (κ3) is 4.81. The van der Waals surface area contributed by atoms with Crippen molar-refractivity contribution in [2.45, 2.75) is 36.2 Å². The number of benzene rings is 2. The number of sulfone groups is 1. The summed E-state index contributed by atoms with van der Waals surface area (Å²) in [6.45, 7) is 4.49. The van der Waals surface area contributed by atoms with Gasteiger partial charge in [-0.1, -0.05) is 23.7 Å². The van der Waals surface area contributed by atoms with E-state index in [1.807, 2.05) is 0 Å². The van der Waals surface area contributed by atoms with Crippen LogP contribution in [0.3, 0.4) is 0 Å². The third-order valence-corrected chi connectivity index (χ3v) is 9.03. The lowest BCUT2D eigenvalue weighted by molar-refractivity contribution is -0.155. The molecule has 0 bridgehead atoms. The van der Waals surface area contributed by atoms with E-state index in [9.17, 15) is 22.8 Å². The number of aryl methyl sites for hydroxylation is 1. The number of rotatable bonds is 3. The molecule has 3 saturated heterocycles. The van der Waals surface area contributed by atoms with Crippen LogP contribution in [0.25, 0.3) is 11.1 Å². The highest BCUT2D eigenvalue weighted by molar-refractivity contribution is 7.90. The number of ether oxygens (including phenoxy) is 2. The second kappa shape index (κ2) is 9.98. The maximum atomic E-state index is 13.7. The average Bonchev–Trinajstić information content (AvgIpc) is 3.13. The van der Waals surface area contributed by atoms with E-state index in [2.05, 4.69) is 0 Å². The molecule has 1 spiro atoms. The van der Waals surface area contributed by atoms with Gasteiger partial charge in [-0.2, -0.15) is 0 Å². The first-order valence-electron chi connectivity index (χ1n) is 12.5. The molecule has 0 aromatic heterocycles. The number of nitrogens with zero attached hydrogens (tertiary/aromatic N) is 2. The monoisotopic (exact) mass is 560 g/mol. The highest BCUT2D eigenvalue weighted by atomic mass is 35.5. The summed E-state index contributed by atoms with van der Waals surface area (Å²) in [5.74, 6) is -2.04. The van der Waals surface area contributed by atoms with E-state index in [1.54, 1.807) is 47.1 Å². The molecule has 3 fully saturated rings. The number of hydrogen-bond acceptors (Lipinski definition) is 7. The van der Waals surface area contributed by atoms with Gasteiger partial charge in [-0.3, -0.25) is 9.59 Å². The van der Waals surface area contributed by atoms with Crippen LogP contribution in [-0.2, 0) is 28.9 Å². The van der Waals surface area contributed by atoms with Crippen molar-refractivity contribution >= 4 is 39.2 Å². The van der Waals surface area contributed by atoms with Gasteiger partial charge in [0.05, 0.1) is 18.1 Å². The zero-order valence-corrected chi connectivity index (χ0v) is 22.8. The molecule has 0 N–H and O–H groups in total. The first kappa shape index (κ1) is 26.6. The Kier molecular flexibility index (Phi) is 7.00. The predicted octanol–water partition coefficient (Wildman–Crippen LogP) is 3.22. The van der Waals surface area contributed by atoms with E-state index in [1.165, 1.54) is 6.07 Å². The fourth-order valence-electron chi connectivity index (χ4n) is 5.43. The number of morpholine rings is 1. The fourth-order valence-corrected chi connectivity index (χ4v) is 6.37. The molecule has 3 aliphatic heterocycles. The fraction of sp³-hybridized carbons (Fsp3) is 0.444. The third-order valence-electron chi connectivity index (χ3n) is 7.61. The summed E-state index contributed by atoms with van der Waals surface area (Å²) in [5, 5.41) is 0.295. The Labute approximate surface area is 226 Å². The molecule has 202 valence electrons. The predicted molar refractivity (Wildman–Crippen MR) is 140 cm³/mol. The number of halogens is 1. The standard InChI is InChI=1S/C27H29ClN2O7S/c1-17-14-21(18-4-3-5-19(15-18)38(2,34)35)22(28)16-20(17)23-24(31)27(37-25(23)32)6-8-29(9-7-27)26(33)30-10-12-36-13-11-30/h3-5,14-16,23H,6-13H2,1-2H3. The number of esters is 1. The van der Waals surface area contributed by atoms with Gasteiger partial charge in [-0.25, -0.2) is 13.2 Å². The molecule has 2 aromatic rings. The van der Waals surface area contributed by atoms with Crippen molar-refractivity contribution < 1.29 is 32.3 Å². The Morgan fingerprint density at radius 2 is 1.68 bits per heavy atom. The van der Waals surface area contributed by atoms with Crippen LogP contribution >= 0.6 is 11.6 Å². The summed E-state index contributed by atoms with van der Waals surface area (Å²) in [4.78, 5) is 43.2. The number of Topliss-reactive ketones (excluding diaryl/α,β-unsaturated/α-hetero) is 1. The lowest BCUT2D eigenvalue weighted by Gasteiger charge is -2.39. The van der Waals surface area contributed by atoms with Crippen LogP contribution in [0.5, 0.6) is 0 Å². The van der Waals surface area contributed by atoms with E-state index in [0.717, 1.165) is 6.26 Å². The van der Waals surface area contributed by atoms with Gasteiger partial charge >= 0.3 is 12.0 Å². The Morgan fingerprint density at radius 1 is 1.03 bits per heavy atom. The molecule has 2 amide bonds. The molecular formula is C27H29ClN2O7S. The Hall–Kier alpha value is -2.95. The average molecular weight is 561 g/mol. The number of piperidine rings is 1. The van der Waals surface area contributed by atoms with Gasteiger partial charge in [0.1, 0.15) is 5.92 Å². The Bertz CT molecular complexity index is 1410. The second-order valence-electron chi connectivity index (χ2n) is 10.1. The highest BCUT2D eigenvalue weighted by Crippen LogP contribution is 2.43. The normalized spacial score (nSPS) is 21.6. The number of ketones is 1. The SMILES string of the molecule is Cc1cc(-c2cccc(S(C)(=O)=O)c2)c(Cl)cc1C1C(=O)OC2(CCN(C(=O)N3CCOCC3)CC2)C1=O. The molecule has 1 atom stereocenters. The van der Waals surface area contributed by atoms with Crippen LogP contribution in [0.15, 0.2) is 41.3 Å². The van der Waals surface area contributed by atoms with Crippen LogP contribution in [-0.4, -0.2) is 87.3 Å². The Morgan fingerprint density at radius 3 is 2.34 bits per heavy atom. The van der Waals surface area contributed by atoms with Crippen molar-refractivity contribution in [1.82, 2.24) is 9.80 Å². The molecular weight excluding hydrogens is 532 g/mol. The number of carbonyl (C=O) groups is 3. The molecule has 0 aliphatic carbocycles. The summed E-state index contributed by atoms with van der Waals surface area (Å²) < 4.78 is 35.1. The second-order valence-corrected chi connectivity index (χ2v) is 12.5. The topological polar surface area (TPSA) is 110 Å². The van der Waals surface area contributed by atoms with Crippen molar-refractivity contribution in [3.63, 3.8) is 0 Å². The minimum Gasteiger partial charge on any atom is -0.450 e. The van der Waals surface area contributed by atoms with Gasteiger partial charge in [0, 0.05) is 55.9 Å². The zero-order chi connectivity index (χ0) is 27.2. The first-order valence-corrected chi connectivity index (χ1v) is 14.8. The largest absolute Gasteiger partial charge is 0.450 e. The lowest BCUT2D eigenvalue weighted by Crippen LogP contribution is -2.55. The summed E-state index contributed by atoms with van der Waals surface area (Å²) in [7, 11) is -3.41. The number of hydrogen-bond donors (Lipinski definition) is 0. The zero-order valence-electron chi connectivity index (χ0n) is 21.2. The van der Waals surface area contributed by atoms with Crippen molar-refractivity contribution in [3.8, 4) is 11.1 Å². The number of amides is 2. The van der Waals surface area contributed by atoms with E-state index < -0.39 is 27.3 Å². The van der Waals surface area contributed by atoms with E-state index in [-0.39, 0.29) is 29.6 Å². The minimum atomic E-state index is -3.41. The van der Waals surface area contributed by atoms with Crippen molar-refractivity contribution in [2.75, 3.05) is 45.6 Å². The quantitative estimate of drug-likeness (QED) is 0.419. The van der Waals surface area contributed by atoms with Crippen LogP contribution in [0.2, 0.25) is 5.02 Å². The van der Waals surface area contributed by atoms with Gasteiger partial charge in [-0.15, -0.1) is 0 Å². The molecule has 3 aliphatic rings. The van der Waals surface area contributed by atoms with Crippen molar-refractivity contribution in [2.24, 2.45) is 0 Å². The van der Waals surface area contributed by atoms with Crippen LogP contribution in [0, 0.1) is 6.92 Å². The molecule has 9 nitrogen and oxygen atoms in total. The maximum absolute atomic E-state index is 13.7. The first-order chi connectivity index (χ1) is 18.0. The van der Waals surface area contributed by atoms with Crippen LogP contribution < -0.4 is 0 Å². The van der Waals surface area contributed by atoms with E-state index in [0.29, 0.717) is 66.7 Å². The van der Waals surface area contributed by atoms with Crippen molar-refractivity contribution in [3.05, 3.63) is 52.5 Å². The summed E-state index contributed by atoms with van der Waals surface area (Å²) >= 11 is 6.61. The van der Waals surface area contributed by atoms with Gasteiger partial charge < -0.3 is 19.3 Å². The highest BCUT2D eigenvalue weighted by Gasteiger charge is 2.57. The van der Waals surface area contributed by atoms with Gasteiger partial charge in [0.2, 0.25) is 0 Å². The van der Waals surface area contributed by atoms with Crippen LogP contribution in [0.4, 0.5) is 4.79 Å². The van der Waals surface area contributed by atoms with E-state index in [4.69, 9.17) is 21.1 Å². The molecule has 0 radical (unpaired) electrons. The molecule has 5 rings (SSSR count). The number of carbonyl (C=O) groups excluding carboxylic acids is 3. The number of likely N-dealkylation sites (tertiary alicyclic amines) is 1. The molecule has 38 heavy (non-hydrogen) atoms. The Balaban J connectivity index is 1.36. The molecule has 2 aromatic carbocycles. The van der Waals surface area contributed by atoms with Crippen LogP contribution in [0.1, 0.15) is 29.9 Å². The maximum Gasteiger partial charge on any atom is 0.322 e. The smallest absolute Gasteiger partial charge is 0.322 e. The van der Waals surface area contributed by atoms with Gasteiger partial charge in [-0.05, 0) is 47.9 Å². The van der Waals surface area contributed by atoms with E-state index >= 15 is 0 Å². The summed E-state index contributed by atoms with van der Waals surface area (Å²) in [6, 6.07) is 9.72. The number of urea groups is 1. The minimum absolute atomic E-state index is 0.0883. The van der Waals surface area contributed by atoms with Gasteiger partial charge in [0.25, 0.3) is 0 Å².